The average molecular weight is 656 g/mol. The third-order valence-electron chi connectivity index (χ3n) is 9.67. The number of hydrogen-bond acceptors (Lipinski definition) is 6. The minimum atomic E-state index is -2.23. The number of carbonyl (C=O) groups excluding carboxylic acids is 4. The van der Waals surface area contributed by atoms with Gasteiger partial charge in [0, 0.05) is 6.54 Å². The number of hydrogen-bond donors (Lipinski definition) is 4. The Labute approximate surface area is 277 Å². The van der Waals surface area contributed by atoms with Gasteiger partial charge in [0.15, 0.2) is 8.32 Å². The zero-order valence-corrected chi connectivity index (χ0v) is 30.5. The summed E-state index contributed by atoms with van der Waals surface area (Å²) in [6.45, 7) is 20.5. The summed E-state index contributed by atoms with van der Waals surface area (Å²) in [7, 11) is -2.23. The molecular weight excluding hydrogens is 599 g/mol. The summed E-state index contributed by atoms with van der Waals surface area (Å²) in [4.78, 5) is 53.9. The second-order valence-corrected chi connectivity index (χ2v) is 19.6. The Hall–Kier alpha value is -3.02. The second kappa shape index (κ2) is 15.7. The van der Waals surface area contributed by atoms with E-state index in [1.54, 1.807) is 6.92 Å². The molecule has 5 unspecified atom stereocenters. The molecule has 0 aromatic heterocycles. The zero-order chi connectivity index (χ0) is 34.4. The Balaban J connectivity index is 1.95. The molecule has 2 aliphatic rings. The van der Waals surface area contributed by atoms with Gasteiger partial charge in [0.2, 0.25) is 17.7 Å². The molecule has 1 saturated heterocycles. The lowest BCUT2D eigenvalue weighted by atomic mass is 9.96. The Morgan fingerprint density at radius 2 is 1.59 bits per heavy atom. The molecule has 1 aromatic rings. The van der Waals surface area contributed by atoms with E-state index in [9.17, 15) is 19.2 Å². The molecule has 4 N–H and O–H groups in total. The highest BCUT2D eigenvalue weighted by Crippen LogP contribution is 2.39. The molecule has 0 spiro atoms. The first-order chi connectivity index (χ1) is 21.4. The highest BCUT2D eigenvalue weighted by Gasteiger charge is 2.41. The van der Waals surface area contributed by atoms with E-state index in [4.69, 9.17) is 4.43 Å². The van der Waals surface area contributed by atoms with Crippen molar-refractivity contribution in [1.82, 2.24) is 26.4 Å². The molecule has 10 nitrogen and oxygen atoms in total. The van der Waals surface area contributed by atoms with Crippen molar-refractivity contribution in [3.05, 3.63) is 41.5 Å². The fourth-order valence-electron chi connectivity index (χ4n) is 5.50. The van der Waals surface area contributed by atoms with Crippen LogP contribution in [0.3, 0.4) is 0 Å². The van der Waals surface area contributed by atoms with Crippen molar-refractivity contribution in [2.75, 3.05) is 6.54 Å². The van der Waals surface area contributed by atoms with Crippen LogP contribution in [0, 0.1) is 11.8 Å². The van der Waals surface area contributed by atoms with E-state index in [0.29, 0.717) is 32.2 Å². The lowest BCUT2D eigenvalue weighted by molar-refractivity contribution is -0.143. The van der Waals surface area contributed by atoms with Crippen molar-refractivity contribution in [3.63, 3.8) is 0 Å². The molecular formula is C35H57N5O5Si. The number of nitrogens with one attached hydrogen (secondary N) is 4. The van der Waals surface area contributed by atoms with Crippen LogP contribution in [0.15, 0.2) is 30.3 Å². The molecule has 2 heterocycles. The SMILES string of the molecule is CC1NC(=O)C(C(C)C)NC(=O)C(C)C(O[Si](C)(C)C(C)(C)C)CC/C=C/c2cccc(c2)[C@@H](C)NC(=O)C2CCCN(N2)C1=O. The number of allylic oxidation sites excluding steroid dienone is 1. The van der Waals surface area contributed by atoms with Crippen molar-refractivity contribution < 1.29 is 23.6 Å². The number of hydrazine groups is 1. The van der Waals surface area contributed by atoms with Crippen LogP contribution in [0.1, 0.15) is 98.2 Å². The normalized spacial score (nSPS) is 28.8. The lowest BCUT2D eigenvalue weighted by Gasteiger charge is -2.41. The van der Waals surface area contributed by atoms with Gasteiger partial charge < -0.3 is 20.4 Å². The Morgan fingerprint density at radius 1 is 0.913 bits per heavy atom. The van der Waals surface area contributed by atoms with Crippen molar-refractivity contribution in [3.8, 4) is 0 Å². The molecule has 1 fully saturated rings. The number of fused-ring (bicyclic) bond motifs is 4. The standard InChI is InChI=1S/C35H57N5O5Si/c1-22(2)30-33(43)37-25(5)34(44)40-20-14-18-28(39-40)32(42)36-24(4)27-17-13-16-26(21-27)15-11-12-19-29(23(3)31(41)38-30)45-46(9,10)35(6,7)8/h11,13,15-17,21-25,28-30,39H,12,14,18-20H2,1-10H3,(H,36,42)(H,37,43)(H,38,41)/b15-11+/t23?,24-,25?,28?,29?,30?/m1/s1. The van der Waals surface area contributed by atoms with E-state index in [1.165, 1.54) is 5.01 Å². The first kappa shape index (κ1) is 37.4. The summed E-state index contributed by atoms with van der Waals surface area (Å²) in [6, 6.07) is 5.55. The van der Waals surface area contributed by atoms with Crippen molar-refractivity contribution in [2.45, 2.75) is 129 Å². The van der Waals surface area contributed by atoms with Crippen molar-refractivity contribution >= 4 is 38.0 Å². The lowest BCUT2D eigenvalue weighted by Crippen LogP contribution is -2.62. The first-order valence-corrected chi connectivity index (χ1v) is 19.7. The minimum Gasteiger partial charge on any atom is -0.413 e. The molecule has 0 aliphatic carbocycles. The quantitative estimate of drug-likeness (QED) is 0.345. The number of rotatable bonds is 3. The van der Waals surface area contributed by atoms with Crippen LogP contribution in [0.4, 0.5) is 0 Å². The van der Waals surface area contributed by atoms with Gasteiger partial charge in [-0.25, -0.2) is 5.43 Å². The van der Waals surface area contributed by atoms with Crippen LogP contribution < -0.4 is 21.4 Å². The Kier molecular flexibility index (Phi) is 12.8. The molecule has 4 bridgehead atoms. The molecule has 4 amide bonds. The highest BCUT2D eigenvalue weighted by atomic mass is 28.4. The van der Waals surface area contributed by atoms with Crippen LogP contribution in [-0.2, 0) is 23.6 Å². The van der Waals surface area contributed by atoms with Gasteiger partial charge in [0.1, 0.15) is 18.1 Å². The van der Waals surface area contributed by atoms with Crippen LogP contribution in [0.25, 0.3) is 6.08 Å². The molecule has 1 aromatic carbocycles. The van der Waals surface area contributed by atoms with E-state index in [2.05, 4.69) is 73.5 Å². The molecule has 2 aliphatic heterocycles. The predicted octanol–water partition coefficient (Wildman–Crippen LogP) is 4.84. The summed E-state index contributed by atoms with van der Waals surface area (Å²) in [5.74, 6) is -1.93. The molecule has 256 valence electrons. The summed E-state index contributed by atoms with van der Waals surface area (Å²) >= 11 is 0. The molecule has 0 radical (unpaired) electrons. The smallest absolute Gasteiger partial charge is 0.258 e. The minimum absolute atomic E-state index is 0.0430. The van der Waals surface area contributed by atoms with Gasteiger partial charge in [-0.1, -0.05) is 71.9 Å². The fourth-order valence-corrected chi connectivity index (χ4v) is 6.93. The summed E-state index contributed by atoms with van der Waals surface area (Å²) < 4.78 is 6.83. The number of carbonyl (C=O) groups is 4. The third kappa shape index (κ3) is 9.74. The third-order valence-corrected chi connectivity index (χ3v) is 14.2. The largest absolute Gasteiger partial charge is 0.413 e. The van der Waals surface area contributed by atoms with E-state index in [-0.39, 0.29) is 40.8 Å². The predicted molar refractivity (Wildman–Crippen MR) is 185 cm³/mol. The highest BCUT2D eigenvalue weighted by molar-refractivity contribution is 6.74. The maximum Gasteiger partial charge on any atom is 0.258 e. The summed E-state index contributed by atoms with van der Waals surface area (Å²) in [5.41, 5.74) is 5.06. The van der Waals surface area contributed by atoms with E-state index < -0.39 is 38.3 Å². The van der Waals surface area contributed by atoms with Gasteiger partial charge in [-0.05, 0) is 80.8 Å². The monoisotopic (exact) mass is 655 g/mol. The van der Waals surface area contributed by atoms with E-state index in [1.807, 2.05) is 45.9 Å². The zero-order valence-electron chi connectivity index (χ0n) is 29.5. The van der Waals surface area contributed by atoms with Crippen LogP contribution in [-0.4, -0.2) is 67.7 Å². The van der Waals surface area contributed by atoms with Crippen molar-refractivity contribution in [1.29, 1.82) is 0 Å². The van der Waals surface area contributed by atoms with Gasteiger partial charge in [0.05, 0.1) is 18.1 Å². The summed E-state index contributed by atoms with van der Waals surface area (Å²) in [6.07, 6.45) is 6.38. The summed E-state index contributed by atoms with van der Waals surface area (Å²) in [5, 5.41) is 10.3. The van der Waals surface area contributed by atoms with Crippen LogP contribution in [0.2, 0.25) is 18.1 Å². The molecule has 0 saturated carbocycles. The maximum atomic E-state index is 13.7. The maximum absolute atomic E-state index is 13.7. The second-order valence-electron chi connectivity index (χ2n) is 14.9. The first-order valence-electron chi connectivity index (χ1n) is 16.8. The fraction of sp³-hybridized carbons (Fsp3) is 0.657. The Bertz CT molecular complexity index is 1280. The number of benzene rings is 1. The van der Waals surface area contributed by atoms with Crippen molar-refractivity contribution in [2.24, 2.45) is 11.8 Å². The van der Waals surface area contributed by atoms with Gasteiger partial charge in [0.25, 0.3) is 5.91 Å². The van der Waals surface area contributed by atoms with E-state index in [0.717, 1.165) is 11.1 Å². The van der Waals surface area contributed by atoms with Gasteiger partial charge in [-0.3, -0.25) is 24.2 Å². The number of nitrogens with zero attached hydrogens (tertiary/aromatic N) is 1. The van der Waals surface area contributed by atoms with Gasteiger partial charge in [-0.2, -0.15) is 0 Å². The molecule has 6 atom stereocenters. The van der Waals surface area contributed by atoms with Crippen LogP contribution >= 0.6 is 0 Å². The van der Waals surface area contributed by atoms with Gasteiger partial charge in [-0.15, -0.1) is 0 Å². The average Bonchev–Trinajstić information content (AvgIpc) is 2.99. The number of amides is 4. The topological polar surface area (TPSA) is 129 Å². The van der Waals surface area contributed by atoms with Gasteiger partial charge >= 0.3 is 0 Å². The van der Waals surface area contributed by atoms with Crippen LogP contribution in [0.5, 0.6) is 0 Å². The van der Waals surface area contributed by atoms with E-state index >= 15 is 0 Å². The molecule has 11 heteroatoms. The Morgan fingerprint density at radius 3 is 2.24 bits per heavy atom. The molecule has 3 rings (SSSR count). The molecule has 46 heavy (non-hydrogen) atoms.